The molecule has 148 valence electrons. The van der Waals surface area contributed by atoms with Gasteiger partial charge in [0.25, 0.3) is 0 Å². The lowest BCUT2D eigenvalue weighted by Gasteiger charge is -2.36. The molecule has 2 saturated heterocycles. The highest BCUT2D eigenvalue weighted by molar-refractivity contribution is 6.30. The Kier molecular flexibility index (Phi) is 7.10. The predicted octanol–water partition coefficient (Wildman–Crippen LogP) is 2.25. The van der Waals surface area contributed by atoms with Crippen molar-refractivity contribution in [1.82, 2.24) is 15.5 Å². The van der Waals surface area contributed by atoms with E-state index in [2.05, 4.69) is 20.9 Å². The van der Waals surface area contributed by atoms with E-state index in [-0.39, 0.29) is 23.9 Å². The molecular weight excluding hydrogens is 364 g/mol. The Bertz CT molecular complexity index is 646. The maximum Gasteiger partial charge on any atom is 0.241 e. The second kappa shape index (κ2) is 9.53. The van der Waals surface area contributed by atoms with E-state index >= 15 is 0 Å². The Hall–Kier alpha value is -1.63. The molecule has 2 fully saturated rings. The summed E-state index contributed by atoms with van der Waals surface area (Å²) in [6.07, 6.45) is 4.11. The molecular formula is C20H29ClN4O2. The van der Waals surface area contributed by atoms with Gasteiger partial charge in [-0.1, -0.05) is 11.6 Å². The lowest BCUT2D eigenvalue weighted by atomic mass is 9.96. The maximum atomic E-state index is 12.6. The van der Waals surface area contributed by atoms with Gasteiger partial charge in [-0.05, 0) is 75.9 Å². The quantitative estimate of drug-likeness (QED) is 0.694. The lowest BCUT2D eigenvalue weighted by molar-refractivity contribution is -0.124. The van der Waals surface area contributed by atoms with Gasteiger partial charge in [-0.15, -0.1) is 0 Å². The van der Waals surface area contributed by atoms with Crippen LogP contribution < -0.4 is 16.0 Å². The molecule has 0 radical (unpaired) electrons. The molecule has 0 aromatic heterocycles. The van der Waals surface area contributed by atoms with Crippen LogP contribution in [0.15, 0.2) is 24.3 Å². The van der Waals surface area contributed by atoms with E-state index in [9.17, 15) is 9.59 Å². The van der Waals surface area contributed by atoms with Crippen molar-refractivity contribution in [2.75, 3.05) is 31.5 Å². The Morgan fingerprint density at radius 3 is 2.74 bits per heavy atom. The SMILES string of the molecule is CC(C(=O)Nc1ccc(Cl)cc1)N1CCCC(CNC(=O)C2CCCN2)C1. The minimum Gasteiger partial charge on any atom is -0.354 e. The van der Waals surface area contributed by atoms with Gasteiger partial charge < -0.3 is 16.0 Å². The summed E-state index contributed by atoms with van der Waals surface area (Å²) in [6, 6.07) is 6.89. The Morgan fingerprint density at radius 2 is 2.04 bits per heavy atom. The third kappa shape index (κ3) is 5.67. The van der Waals surface area contributed by atoms with Crippen molar-refractivity contribution in [3.63, 3.8) is 0 Å². The fraction of sp³-hybridized carbons (Fsp3) is 0.600. The molecule has 7 heteroatoms. The fourth-order valence-electron chi connectivity index (χ4n) is 3.84. The first-order valence-electron chi connectivity index (χ1n) is 9.84. The van der Waals surface area contributed by atoms with Crippen LogP contribution in [0, 0.1) is 5.92 Å². The zero-order valence-corrected chi connectivity index (χ0v) is 16.6. The molecule has 2 amide bonds. The topological polar surface area (TPSA) is 73.5 Å². The standard InChI is InChI=1S/C20H29ClN4O2/c1-14(19(26)24-17-8-6-16(21)7-9-17)25-11-3-4-15(13-25)12-23-20(27)18-5-2-10-22-18/h6-9,14-15,18,22H,2-5,10-13H2,1H3,(H,23,27)(H,24,26). The van der Waals surface area contributed by atoms with E-state index in [0.717, 1.165) is 51.0 Å². The summed E-state index contributed by atoms with van der Waals surface area (Å²) in [4.78, 5) is 27.0. The van der Waals surface area contributed by atoms with Gasteiger partial charge in [0.15, 0.2) is 0 Å². The van der Waals surface area contributed by atoms with Crippen LogP contribution in [-0.4, -0.2) is 55.0 Å². The smallest absolute Gasteiger partial charge is 0.241 e. The summed E-state index contributed by atoms with van der Waals surface area (Å²) in [6.45, 7) is 5.28. The van der Waals surface area contributed by atoms with E-state index in [1.54, 1.807) is 24.3 Å². The van der Waals surface area contributed by atoms with E-state index in [4.69, 9.17) is 11.6 Å². The van der Waals surface area contributed by atoms with Gasteiger partial charge in [0.05, 0.1) is 12.1 Å². The van der Waals surface area contributed by atoms with Crippen molar-refractivity contribution in [3.05, 3.63) is 29.3 Å². The summed E-state index contributed by atoms with van der Waals surface area (Å²) in [5.41, 5.74) is 0.751. The third-order valence-electron chi connectivity index (χ3n) is 5.53. The van der Waals surface area contributed by atoms with Gasteiger partial charge in [-0.25, -0.2) is 0 Å². The fourth-order valence-corrected chi connectivity index (χ4v) is 3.96. The number of hydrogen-bond acceptors (Lipinski definition) is 4. The molecule has 3 N–H and O–H groups in total. The van der Waals surface area contributed by atoms with Gasteiger partial charge in [0.2, 0.25) is 11.8 Å². The zero-order valence-electron chi connectivity index (χ0n) is 15.8. The van der Waals surface area contributed by atoms with Crippen molar-refractivity contribution in [1.29, 1.82) is 0 Å². The first kappa shape index (κ1) is 20.1. The van der Waals surface area contributed by atoms with Crippen LogP contribution in [0.1, 0.15) is 32.6 Å². The van der Waals surface area contributed by atoms with Crippen molar-refractivity contribution < 1.29 is 9.59 Å². The molecule has 27 heavy (non-hydrogen) atoms. The molecule has 2 aliphatic rings. The Morgan fingerprint density at radius 1 is 1.26 bits per heavy atom. The molecule has 6 nitrogen and oxygen atoms in total. The monoisotopic (exact) mass is 392 g/mol. The zero-order chi connectivity index (χ0) is 19.2. The van der Waals surface area contributed by atoms with Crippen molar-refractivity contribution in [2.24, 2.45) is 5.92 Å². The first-order chi connectivity index (χ1) is 13.0. The molecule has 3 rings (SSSR count). The number of nitrogens with zero attached hydrogens (tertiary/aromatic N) is 1. The average molecular weight is 393 g/mol. The molecule has 3 atom stereocenters. The third-order valence-corrected chi connectivity index (χ3v) is 5.78. The molecule has 0 bridgehead atoms. The number of halogens is 1. The summed E-state index contributed by atoms with van der Waals surface area (Å²) in [5.74, 6) is 0.477. The van der Waals surface area contributed by atoms with E-state index in [1.807, 2.05) is 6.92 Å². The molecule has 0 aliphatic carbocycles. The number of anilines is 1. The molecule has 2 heterocycles. The molecule has 0 spiro atoms. The molecule has 1 aromatic carbocycles. The summed E-state index contributed by atoms with van der Waals surface area (Å²) < 4.78 is 0. The highest BCUT2D eigenvalue weighted by atomic mass is 35.5. The van der Waals surface area contributed by atoms with Gasteiger partial charge in [0.1, 0.15) is 0 Å². The highest BCUT2D eigenvalue weighted by Gasteiger charge is 2.28. The van der Waals surface area contributed by atoms with Gasteiger partial charge in [-0.2, -0.15) is 0 Å². The molecule has 1 aromatic rings. The van der Waals surface area contributed by atoms with Crippen LogP contribution in [0.5, 0.6) is 0 Å². The number of amides is 2. The molecule has 0 saturated carbocycles. The molecule has 3 unspecified atom stereocenters. The van der Waals surface area contributed by atoms with E-state index in [0.29, 0.717) is 17.5 Å². The number of rotatable bonds is 6. The van der Waals surface area contributed by atoms with Crippen LogP contribution in [0.2, 0.25) is 5.02 Å². The van der Waals surface area contributed by atoms with Crippen LogP contribution in [0.3, 0.4) is 0 Å². The Balaban J connectivity index is 1.46. The second-order valence-corrected chi connectivity index (χ2v) is 8.01. The number of carbonyl (C=O) groups is 2. The number of benzene rings is 1. The summed E-state index contributed by atoms with van der Waals surface area (Å²) in [5, 5.41) is 9.92. The van der Waals surface area contributed by atoms with Crippen LogP contribution in [-0.2, 0) is 9.59 Å². The van der Waals surface area contributed by atoms with Crippen LogP contribution in [0.4, 0.5) is 5.69 Å². The number of likely N-dealkylation sites (tertiary alicyclic amines) is 1. The average Bonchev–Trinajstić information content (AvgIpc) is 3.22. The van der Waals surface area contributed by atoms with Gasteiger partial charge in [0, 0.05) is 23.8 Å². The number of hydrogen-bond donors (Lipinski definition) is 3. The predicted molar refractivity (Wildman–Crippen MR) is 108 cm³/mol. The van der Waals surface area contributed by atoms with Crippen molar-refractivity contribution in [3.8, 4) is 0 Å². The van der Waals surface area contributed by atoms with Crippen molar-refractivity contribution >= 4 is 29.1 Å². The van der Waals surface area contributed by atoms with E-state index < -0.39 is 0 Å². The highest BCUT2D eigenvalue weighted by Crippen LogP contribution is 2.20. The van der Waals surface area contributed by atoms with Crippen LogP contribution in [0.25, 0.3) is 0 Å². The maximum absolute atomic E-state index is 12.6. The van der Waals surface area contributed by atoms with Gasteiger partial charge >= 0.3 is 0 Å². The number of carbonyl (C=O) groups excluding carboxylic acids is 2. The normalized spacial score (nSPS) is 24.4. The molecule has 2 aliphatic heterocycles. The minimum atomic E-state index is -0.212. The summed E-state index contributed by atoms with van der Waals surface area (Å²) >= 11 is 5.89. The summed E-state index contributed by atoms with van der Waals surface area (Å²) in [7, 11) is 0. The first-order valence-corrected chi connectivity index (χ1v) is 10.2. The van der Waals surface area contributed by atoms with Gasteiger partial charge in [-0.3, -0.25) is 14.5 Å². The number of piperidine rings is 1. The second-order valence-electron chi connectivity index (χ2n) is 7.57. The number of nitrogens with one attached hydrogen (secondary N) is 3. The van der Waals surface area contributed by atoms with E-state index in [1.165, 1.54) is 0 Å². The largest absolute Gasteiger partial charge is 0.354 e. The minimum absolute atomic E-state index is 0.0165. The Labute approximate surface area is 166 Å². The van der Waals surface area contributed by atoms with Crippen molar-refractivity contribution in [2.45, 2.75) is 44.7 Å². The van der Waals surface area contributed by atoms with Crippen LogP contribution >= 0.6 is 11.6 Å². The lowest BCUT2D eigenvalue weighted by Crippen LogP contribution is -2.50.